The van der Waals surface area contributed by atoms with Crippen LogP contribution in [0, 0.1) is 0 Å². The van der Waals surface area contributed by atoms with Crippen molar-refractivity contribution in [1.82, 2.24) is 10.6 Å². The molecule has 0 aliphatic rings. The fourth-order valence-electron chi connectivity index (χ4n) is 1.46. The van der Waals surface area contributed by atoms with E-state index in [2.05, 4.69) is 10.6 Å². The van der Waals surface area contributed by atoms with Gasteiger partial charge in [0.25, 0.3) is 0 Å². The number of ether oxygens (including phenoxy) is 2. The molecule has 0 aromatic heterocycles. The Kier molecular flexibility index (Phi) is 7.95. The number of carbonyl (C=O) groups excluding carboxylic acids is 4. The predicted octanol–water partition coefficient (Wildman–Crippen LogP) is -0.878. The second-order valence-electron chi connectivity index (χ2n) is 3.86. The van der Waals surface area contributed by atoms with Crippen LogP contribution < -0.4 is 10.6 Å². The fraction of sp³-hybridized carbons (Fsp3) is 0.667. The van der Waals surface area contributed by atoms with Crippen LogP contribution in [-0.2, 0) is 28.7 Å². The van der Waals surface area contributed by atoms with Crippen molar-refractivity contribution < 1.29 is 28.7 Å². The molecule has 2 unspecified atom stereocenters. The lowest BCUT2D eigenvalue weighted by Crippen LogP contribution is -2.59. The average molecular weight is 288 g/mol. The second-order valence-corrected chi connectivity index (χ2v) is 3.86. The lowest BCUT2D eigenvalue weighted by Gasteiger charge is -2.24. The molecule has 2 N–H and O–H groups in total. The van der Waals surface area contributed by atoms with E-state index in [9.17, 15) is 19.2 Å². The molecule has 0 aromatic carbocycles. The maximum Gasteiger partial charge on any atom is 0.331 e. The van der Waals surface area contributed by atoms with E-state index in [4.69, 9.17) is 9.47 Å². The third-order valence-corrected chi connectivity index (χ3v) is 2.13. The molecule has 0 spiro atoms. The van der Waals surface area contributed by atoms with Crippen LogP contribution in [0.25, 0.3) is 0 Å². The molecule has 0 radical (unpaired) electrons. The summed E-state index contributed by atoms with van der Waals surface area (Å²) in [4.78, 5) is 45.9. The van der Waals surface area contributed by atoms with E-state index in [0.717, 1.165) is 0 Å². The number of amides is 2. The highest BCUT2D eigenvalue weighted by atomic mass is 16.5. The summed E-state index contributed by atoms with van der Waals surface area (Å²) in [5.74, 6) is -2.73. The van der Waals surface area contributed by atoms with E-state index < -0.39 is 35.8 Å². The molecule has 0 aromatic rings. The second kappa shape index (κ2) is 8.89. The van der Waals surface area contributed by atoms with Gasteiger partial charge in [-0.2, -0.15) is 0 Å². The molecular weight excluding hydrogens is 268 g/mol. The van der Waals surface area contributed by atoms with Crippen LogP contribution in [0.15, 0.2) is 0 Å². The van der Waals surface area contributed by atoms with Crippen LogP contribution in [0.5, 0.6) is 0 Å². The van der Waals surface area contributed by atoms with Crippen molar-refractivity contribution in [3.63, 3.8) is 0 Å². The predicted molar refractivity (Wildman–Crippen MR) is 68.5 cm³/mol. The zero-order valence-corrected chi connectivity index (χ0v) is 12.0. The van der Waals surface area contributed by atoms with Gasteiger partial charge in [0.1, 0.15) is 0 Å². The van der Waals surface area contributed by atoms with Crippen LogP contribution in [0.2, 0.25) is 0 Å². The molecule has 0 fully saturated rings. The lowest BCUT2D eigenvalue weighted by atomic mass is 10.1. The molecule has 2 amide bonds. The summed E-state index contributed by atoms with van der Waals surface area (Å²) >= 11 is 0. The number of nitrogens with one attached hydrogen (secondary N) is 2. The van der Waals surface area contributed by atoms with Gasteiger partial charge >= 0.3 is 11.9 Å². The molecule has 0 bridgehead atoms. The normalized spacial score (nSPS) is 12.8. The molecule has 0 rings (SSSR count). The Balaban J connectivity index is 5.24. The number of hydrogen-bond donors (Lipinski definition) is 2. The monoisotopic (exact) mass is 288 g/mol. The SMILES string of the molecule is CCOC(=O)C(NC(C)=O)C(NC(C)=O)C(=O)OCC. The van der Waals surface area contributed by atoms with Gasteiger partial charge in [-0.1, -0.05) is 0 Å². The summed E-state index contributed by atoms with van der Waals surface area (Å²) in [6.45, 7) is 5.68. The van der Waals surface area contributed by atoms with Gasteiger partial charge in [0.15, 0.2) is 12.1 Å². The Morgan fingerprint density at radius 1 is 0.800 bits per heavy atom. The van der Waals surface area contributed by atoms with Crippen molar-refractivity contribution in [2.45, 2.75) is 39.8 Å². The Labute approximate surface area is 117 Å². The van der Waals surface area contributed by atoms with Crippen LogP contribution in [0.4, 0.5) is 0 Å². The highest BCUT2D eigenvalue weighted by Crippen LogP contribution is 2.02. The minimum Gasteiger partial charge on any atom is -0.464 e. The standard InChI is InChI=1S/C12H20N2O6/c1-5-19-11(17)9(13-7(3)15)10(14-8(4)16)12(18)20-6-2/h9-10H,5-6H2,1-4H3,(H,13,15)(H,14,16). The highest BCUT2D eigenvalue weighted by molar-refractivity contribution is 5.93. The number of carbonyl (C=O) groups is 4. The lowest BCUT2D eigenvalue weighted by molar-refractivity contribution is -0.156. The first kappa shape index (κ1) is 17.9. The van der Waals surface area contributed by atoms with Gasteiger partial charge in [-0.05, 0) is 13.8 Å². The Morgan fingerprint density at radius 2 is 1.10 bits per heavy atom. The van der Waals surface area contributed by atoms with Gasteiger partial charge in [0.05, 0.1) is 13.2 Å². The third kappa shape index (κ3) is 6.17. The van der Waals surface area contributed by atoms with E-state index in [1.54, 1.807) is 13.8 Å². The Bertz CT molecular complexity index is 346. The van der Waals surface area contributed by atoms with Gasteiger partial charge in [0, 0.05) is 13.8 Å². The highest BCUT2D eigenvalue weighted by Gasteiger charge is 2.37. The van der Waals surface area contributed by atoms with Crippen molar-refractivity contribution in [2.75, 3.05) is 13.2 Å². The quantitative estimate of drug-likeness (QED) is 0.589. The van der Waals surface area contributed by atoms with Crippen LogP contribution in [0.3, 0.4) is 0 Å². The molecule has 0 heterocycles. The summed E-state index contributed by atoms with van der Waals surface area (Å²) in [6.07, 6.45) is 0. The van der Waals surface area contributed by atoms with Crippen molar-refractivity contribution in [1.29, 1.82) is 0 Å². The maximum atomic E-state index is 11.8. The molecule has 8 heteroatoms. The Hall–Kier alpha value is -2.12. The van der Waals surface area contributed by atoms with Crippen LogP contribution in [0.1, 0.15) is 27.7 Å². The molecule has 0 saturated heterocycles. The molecular formula is C12H20N2O6. The van der Waals surface area contributed by atoms with Gasteiger partial charge in [-0.3, -0.25) is 9.59 Å². The molecule has 2 atom stereocenters. The van der Waals surface area contributed by atoms with Gasteiger partial charge in [0.2, 0.25) is 11.8 Å². The molecule has 8 nitrogen and oxygen atoms in total. The minimum absolute atomic E-state index is 0.0739. The summed E-state index contributed by atoms with van der Waals surface area (Å²) in [5.41, 5.74) is 0. The first-order valence-corrected chi connectivity index (χ1v) is 6.20. The molecule has 20 heavy (non-hydrogen) atoms. The van der Waals surface area contributed by atoms with Gasteiger partial charge in [-0.25, -0.2) is 9.59 Å². The maximum absolute atomic E-state index is 11.8. The number of esters is 2. The van der Waals surface area contributed by atoms with Gasteiger partial charge < -0.3 is 20.1 Å². The average Bonchev–Trinajstić information content (AvgIpc) is 2.33. The molecule has 0 saturated carbocycles. The summed E-state index contributed by atoms with van der Waals surface area (Å²) in [7, 11) is 0. The van der Waals surface area contributed by atoms with Crippen molar-refractivity contribution in [2.24, 2.45) is 0 Å². The fourth-order valence-corrected chi connectivity index (χ4v) is 1.46. The topological polar surface area (TPSA) is 111 Å². The van der Waals surface area contributed by atoms with E-state index in [1.807, 2.05) is 0 Å². The first-order valence-electron chi connectivity index (χ1n) is 6.20. The van der Waals surface area contributed by atoms with E-state index >= 15 is 0 Å². The van der Waals surface area contributed by atoms with E-state index in [0.29, 0.717) is 0 Å². The van der Waals surface area contributed by atoms with Crippen molar-refractivity contribution in [3.05, 3.63) is 0 Å². The van der Waals surface area contributed by atoms with Crippen molar-refractivity contribution in [3.8, 4) is 0 Å². The molecule has 114 valence electrons. The summed E-state index contributed by atoms with van der Waals surface area (Å²) < 4.78 is 9.57. The molecule has 0 aliphatic heterocycles. The number of rotatable bonds is 7. The minimum atomic E-state index is -1.34. The van der Waals surface area contributed by atoms with E-state index in [-0.39, 0.29) is 13.2 Å². The van der Waals surface area contributed by atoms with Crippen LogP contribution >= 0.6 is 0 Å². The van der Waals surface area contributed by atoms with Crippen LogP contribution in [-0.4, -0.2) is 49.1 Å². The van der Waals surface area contributed by atoms with Crippen molar-refractivity contribution >= 4 is 23.8 Å². The molecule has 0 aliphatic carbocycles. The third-order valence-electron chi connectivity index (χ3n) is 2.13. The summed E-state index contributed by atoms with van der Waals surface area (Å²) in [5, 5.41) is 4.56. The van der Waals surface area contributed by atoms with Gasteiger partial charge in [-0.15, -0.1) is 0 Å². The first-order chi connectivity index (χ1) is 9.33. The number of hydrogen-bond acceptors (Lipinski definition) is 6. The van der Waals surface area contributed by atoms with E-state index in [1.165, 1.54) is 13.8 Å². The zero-order valence-electron chi connectivity index (χ0n) is 12.0. The summed E-state index contributed by atoms with van der Waals surface area (Å²) in [6, 6.07) is -2.68. The Morgan fingerprint density at radius 3 is 1.30 bits per heavy atom. The largest absolute Gasteiger partial charge is 0.464 e. The smallest absolute Gasteiger partial charge is 0.331 e. The zero-order chi connectivity index (χ0) is 15.7.